The number of nitrogens with zero attached hydrogens (tertiary/aromatic N) is 1. The molecular weight excluding hydrogens is 383 g/mol. The SMILES string of the molecule is O=C(CN1C(=O)[C@H]2[C@@H]3C=C[C@@H]([C@H]4C[C@H]34)[C@@H]2C1=O)NC1(c2ccc(F)cc2)CCCC1. The lowest BCUT2D eigenvalue weighted by molar-refractivity contribution is -0.144. The molecule has 1 aliphatic heterocycles. The Kier molecular flexibility index (Phi) is 3.81. The van der Waals surface area contributed by atoms with Crippen LogP contribution in [0.25, 0.3) is 0 Å². The molecule has 0 radical (unpaired) electrons. The predicted octanol–water partition coefficient (Wildman–Crippen LogP) is 2.76. The van der Waals surface area contributed by atoms with Crippen LogP contribution in [0.2, 0.25) is 0 Å². The molecule has 5 aliphatic carbocycles. The number of allylic oxidation sites excluding steroid dienone is 2. The summed E-state index contributed by atoms with van der Waals surface area (Å²) >= 11 is 0. The average Bonchev–Trinajstić information content (AvgIpc) is 3.39. The van der Waals surface area contributed by atoms with Crippen molar-refractivity contribution in [2.75, 3.05) is 6.54 Å². The van der Waals surface area contributed by atoms with Gasteiger partial charge in [0.25, 0.3) is 0 Å². The van der Waals surface area contributed by atoms with E-state index in [1.54, 1.807) is 12.1 Å². The molecule has 6 aliphatic rings. The number of hydrogen-bond acceptors (Lipinski definition) is 3. The maximum atomic E-state index is 13.4. The molecule has 1 saturated heterocycles. The van der Waals surface area contributed by atoms with Crippen LogP contribution in [-0.2, 0) is 19.9 Å². The van der Waals surface area contributed by atoms with Gasteiger partial charge in [-0.05, 0) is 60.6 Å². The molecular formula is C24H25FN2O3. The van der Waals surface area contributed by atoms with Gasteiger partial charge in [-0.3, -0.25) is 19.3 Å². The summed E-state index contributed by atoms with van der Waals surface area (Å²) in [7, 11) is 0. The number of hydrogen-bond donors (Lipinski definition) is 1. The van der Waals surface area contributed by atoms with Gasteiger partial charge in [-0.15, -0.1) is 0 Å². The quantitative estimate of drug-likeness (QED) is 0.615. The summed E-state index contributed by atoms with van der Waals surface area (Å²) < 4.78 is 13.4. The Bertz CT molecular complexity index is 929. The molecule has 156 valence electrons. The predicted molar refractivity (Wildman–Crippen MR) is 106 cm³/mol. The Labute approximate surface area is 174 Å². The minimum atomic E-state index is -0.550. The Hall–Kier alpha value is -2.50. The number of carbonyl (C=O) groups excluding carboxylic acids is 3. The maximum absolute atomic E-state index is 13.4. The van der Waals surface area contributed by atoms with Crippen molar-refractivity contribution in [3.8, 4) is 0 Å². The van der Waals surface area contributed by atoms with Gasteiger partial charge in [0.1, 0.15) is 12.4 Å². The molecule has 4 fully saturated rings. The zero-order valence-electron chi connectivity index (χ0n) is 16.7. The second-order valence-electron chi connectivity index (χ2n) is 9.76. The molecule has 3 saturated carbocycles. The number of amides is 3. The Morgan fingerprint density at radius 1 is 1.00 bits per heavy atom. The summed E-state index contributed by atoms with van der Waals surface area (Å²) in [5.74, 6) is -0.103. The first kappa shape index (κ1) is 18.3. The van der Waals surface area contributed by atoms with Crippen LogP contribution in [0.1, 0.15) is 37.7 Å². The number of benzene rings is 1. The first-order chi connectivity index (χ1) is 14.5. The van der Waals surface area contributed by atoms with Crippen LogP contribution in [0.5, 0.6) is 0 Å². The lowest BCUT2D eigenvalue weighted by atomic mass is 9.63. The minimum absolute atomic E-state index is 0.162. The molecule has 0 aromatic heterocycles. The van der Waals surface area contributed by atoms with E-state index in [-0.39, 0.29) is 53.8 Å². The highest BCUT2D eigenvalue weighted by molar-refractivity contribution is 6.08. The number of likely N-dealkylation sites (tertiary alicyclic amines) is 1. The molecule has 1 N–H and O–H groups in total. The number of imide groups is 1. The monoisotopic (exact) mass is 408 g/mol. The second kappa shape index (κ2) is 6.25. The highest BCUT2D eigenvalue weighted by Crippen LogP contribution is 2.65. The molecule has 2 bridgehead atoms. The summed E-state index contributed by atoms with van der Waals surface area (Å²) in [6.45, 7) is -0.220. The topological polar surface area (TPSA) is 66.5 Å². The van der Waals surface area contributed by atoms with E-state index in [2.05, 4.69) is 17.5 Å². The van der Waals surface area contributed by atoms with Crippen LogP contribution in [-0.4, -0.2) is 29.2 Å². The van der Waals surface area contributed by atoms with Crippen molar-refractivity contribution < 1.29 is 18.8 Å². The lowest BCUT2D eigenvalue weighted by Gasteiger charge is -2.37. The van der Waals surface area contributed by atoms with Crippen LogP contribution in [0.4, 0.5) is 4.39 Å². The zero-order chi connectivity index (χ0) is 20.6. The van der Waals surface area contributed by atoms with Gasteiger partial charge >= 0.3 is 0 Å². The third kappa shape index (κ3) is 2.48. The fraction of sp³-hybridized carbons (Fsp3) is 0.542. The molecule has 0 spiro atoms. The molecule has 7 rings (SSSR count). The van der Waals surface area contributed by atoms with Crippen LogP contribution in [0, 0.1) is 41.3 Å². The van der Waals surface area contributed by atoms with E-state index in [0.29, 0.717) is 11.8 Å². The summed E-state index contributed by atoms with van der Waals surface area (Å²) in [5.41, 5.74) is 0.329. The molecule has 6 heteroatoms. The Morgan fingerprint density at radius 3 is 2.13 bits per heavy atom. The van der Waals surface area contributed by atoms with Crippen molar-refractivity contribution in [1.82, 2.24) is 10.2 Å². The minimum Gasteiger partial charge on any atom is -0.345 e. The van der Waals surface area contributed by atoms with Gasteiger partial charge in [-0.25, -0.2) is 4.39 Å². The second-order valence-corrected chi connectivity index (χ2v) is 9.76. The van der Waals surface area contributed by atoms with Gasteiger partial charge in [0.05, 0.1) is 17.4 Å². The van der Waals surface area contributed by atoms with Crippen molar-refractivity contribution in [2.24, 2.45) is 35.5 Å². The van der Waals surface area contributed by atoms with Crippen LogP contribution in [0.3, 0.4) is 0 Å². The molecule has 6 atom stereocenters. The molecule has 1 aromatic rings. The van der Waals surface area contributed by atoms with Gasteiger partial charge in [0, 0.05) is 0 Å². The van der Waals surface area contributed by atoms with Crippen molar-refractivity contribution in [3.63, 3.8) is 0 Å². The summed E-state index contributed by atoms with van der Waals surface area (Å²) in [6, 6.07) is 6.26. The van der Waals surface area contributed by atoms with E-state index in [4.69, 9.17) is 0 Å². The Balaban J connectivity index is 1.21. The third-order valence-electron chi connectivity index (χ3n) is 8.29. The van der Waals surface area contributed by atoms with E-state index in [1.807, 2.05) is 0 Å². The number of rotatable bonds is 4. The van der Waals surface area contributed by atoms with Gasteiger partial charge < -0.3 is 5.32 Å². The summed E-state index contributed by atoms with van der Waals surface area (Å²) in [6.07, 6.45) is 8.89. The highest BCUT2D eigenvalue weighted by atomic mass is 19.1. The smallest absolute Gasteiger partial charge is 0.240 e. The molecule has 3 amide bonds. The molecule has 0 unspecified atom stereocenters. The van der Waals surface area contributed by atoms with Gasteiger partial charge in [0.2, 0.25) is 17.7 Å². The van der Waals surface area contributed by atoms with Gasteiger partial charge in [-0.1, -0.05) is 37.1 Å². The van der Waals surface area contributed by atoms with Gasteiger partial charge in [-0.2, -0.15) is 0 Å². The first-order valence-corrected chi connectivity index (χ1v) is 11.1. The van der Waals surface area contributed by atoms with E-state index in [0.717, 1.165) is 37.7 Å². The van der Waals surface area contributed by atoms with Crippen molar-refractivity contribution in [3.05, 3.63) is 47.8 Å². The maximum Gasteiger partial charge on any atom is 0.240 e. The molecule has 5 nitrogen and oxygen atoms in total. The van der Waals surface area contributed by atoms with Crippen LogP contribution >= 0.6 is 0 Å². The van der Waals surface area contributed by atoms with Crippen LogP contribution < -0.4 is 5.32 Å². The van der Waals surface area contributed by atoms with Crippen LogP contribution in [0.15, 0.2) is 36.4 Å². The summed E-state index contributed by atoms with van der Waals surface area (Å²) in [5, 5.41) is 3.11. The summed E-state index contributed by atoms with van der Waals surface area (Å²) in [4.78, 5) is 40.4. The lowest BCUT2D eigenvalue weighted by Crippen LogP contribution is -2.49. The van der Waals surface area contributed by atoms with E-state index in [9.17, 15) is 18.8 Å². The molecule has 30 heavy (non-hydrogen) atoms. The standard InChI is InChI=1S/C24H25FN2O3/c25-14-5-3-13(4-6-14)24(9-1-2-10-24)26-19(28)12-27-22(29)20-15-7-8-16(18-11-17(15)18)21(20)23(27)30/h3-8,15-18,20-21H,1-2,9-12H2,(H,26,28)/t15-,16+,17-,18-,20+,21+/m1/s1. The fourth-order valence-corrected chi connectivity index (χ4v) is 6.86. The highest BCUT2D eigenvalue weighted by Gasteiger charge is 2.67. The van der Waals surface area contributed by atoms with E-state index in [1.165, 1.54) is 17.0 Å². The Morgan fingerprint density at radius 2 is 1.57 bits per heavy atom. The largest absolute Gasteiger partial charge is 0.345 e. The van der Waals surface area contributed by atoms with Gasteiger partial charge in [0.15, 0.2) is 0 Å². The average molecular weight is 408 g/mol. The first-order valence-electron chi connectivity index (χ1n) is 11.1. The van der Waals surface area contributed by atoms with Crippen molar-refractivity contribution in [2.45, 2.75) is 37.6 Å². The van der Waals surface area contributed by atoms with Crippen molar-refractivity contribution in [1.29, 1.82) is 0 Å². The number of halogens is 1. The number of nitrogens with one attached hydrogen (secondary N) is 1. The number of carbonyl (C=O) groups is 3. The molecule has 1 heterocycles. The zero-order valence-corrected chi connectivity index (χ0v) is 16.7. The van der Waals surface area contributed by atoms with E-state index >= 15 is 0 Å². The fourth-order valence-electron chi connectivity index (χ4n) is 6.86. The van der Waals surface area contributed by atoms with Crippen molar-refractivity contribution >= 4 is 17.7 Å². The van der Waals surface area contributed by atoms with E-state index < -0.39 is 5.54 Å². The third-order valence-corrected chi connectivity index (χ3v) is 8.29. The molecule has 1 aromatic carbocycles. The normalized spacial score (nSPS) is 37.3.